The summed E-state index contributed by atoms with van der Waals surface area (Å²) in [6, 6.07) is 8.88. The van der Waals surface area contributed by atoms with Crippen LogP contribution in [0.3, 0.4) is 0 Å². The average Bonchev–Trinajstić information content (AvgIpc) is 2.68. The van der Waals surface area contributed by atoms with Gasteiger partial charge in [-0.1, -0.05) is 51.3 Å². The lowest BCUT2D eigenvalue weighted by Crippen LogP contribution is -2.13. The molecule has 0 spiro atoms. The Labute approximate surface area is 173 Å². The molecule has 30 heavy (non-hydrogen) atoms. The summed E-state index contributed by atoms with van der Waals surface area (Å²) < 4.78 is 68.8. The molecule has 0 aromatic heterocycles. The Hall–Kier alpha value is -2.09. The van der Waals surface area contributed by atoms with Crippen molar-refractivity contribution >= 4 is 16.2 Å². The minimum atomic E-state index is -9.74. The van der Waals surface area contributed by atoms with E-state index in [-0.39, 0.29) is 23.4 Å². The molecule has 2 aromatic rings. The van der Waals surface area contributed by atoms with Crippen LogP contribution in [0.2, 0.25) is 0 Å². The molecule has 166 valence electrons. The van der Waals surface area contributed by atoms with Gasteiger partial charge in [-0.25, -0.2) is 4.79 Å². The monoisotopic (exact) mass is 448 g/mol. The maximum atomic E-state index is 12.8. The van der Waals surface area contributed by atoms with E-state index in [1.54, 1.807) is 12.1 Å². The highest BCUT2D eigenvalue weighted by Crippen LogP contribution is 3.02. The molecule has 1 aliphatic carbocycles. The van der Waals surface area contributed by atoms with Crippen LogP contribution in [0, 0.1) is 5.92 Å². The van der Waals surface area contributed by atoms with Crippen molar-refractivity contribution in [1.82, 2.24) is 0 Å². The van der Waals surface area contributed by atoms with Crippen LogP contribution in [-0.4, -0.2) is 5.97 Å². The molecule has 1 aliphatic rings. The van der Waals surface area contributed by atoms with Gasteiger partial charge < -0.3 is 4.74 Å². The van der Waals surface area contributed by atoms with Crippen LogP contribution in [0.25, 0.3) is 0 Å². The minimum absolute atomic E-state index is 0.224. The van der Waals surface area contributed by atoms with Gasteiger partial charge in [0.25, 0.3) is 0 Å². The Balaban J connectivity index is 1.62. The third-order valence-corrected chi connectivity index (χ3v) is 6.80. The molecule has 0 N–H and O–H groups in total. The molecule has 0 bridgehead atoms. The Morgan fingerprint density at radius 1 is 0.900 bits per heavy atom. The number of hydrogen-bond donors (Lipinski definition) is 0. The van der Waals surface area contributed by atoms with Crippen molar-refractivity contribution in [3.63, 3.8) is 0 Å². The maximum Gasteiger partial charge on any atom is 0.343 e. The topological polar surface area (TPSA) is 26.3 Å². The van der Waals surface area contributed by atoms with Crippen LogP contribution in [0.15, 0.2) is 53.4 Å². The molecule has 0 aliphatic heterocycles. The van der Waals surface area contributed by atoms with Crippen molar-refractivity contribution in [3.05, 3.63) is 59.7 Å². The molecule has 3 rings (SSSR count). The molecule has 1 saturated carbocycles. The highest BCUT2D eigenvalue weighted by molar-refractivity contribution is 8.45. The first-order valence-electron chi connectivity index (χ1n) is 10.0. The van der Waals surface area contributed by atoms with Crippen LogP contribution in [0.5, 0.6) is 5.75 Å². The van der Waals surface area contributed by atoms with E-state index < -0.39 is 21.1 Å². The Morgan fingerprint density at radius 3 is 1.97 bits per heavy atom. The van der Waals surface area contributed by atoms with Crippen molar-refractivity contribution in [3.8, 4) is 5.75 Å². The summed E-state index contributed by atoms with van der Waals surface area (Å²) in [5, 5.41) is 0. The summed E-state index contributed by atoms with van der Waals surface area (Å²) in [6.45, 7) is 2.20. The van der Waals surface area contributed by atoms with E-state index in [0.29, 0.717) is 18.1 Å². The van der Waals surface area contributed by atoms with Crippen molar-refractivity contribution in [2.45, 2.75) is 56.3 Å². The number of esters is 1. The van der Waals surface area contributed by atoms with Gasteiger partial charge in [-0.3, -0.25) is 0 Å². The zero-order valence-corrected chi connectivity index (χ0v) is 17.4. The van der Waals surface area contributed by atoms with E-state index >= 15 is 0 Å². The number of carbonyl (C=O) groups excluding carboxylic acids is 1. The van der Waals surface area contributed by atoms with Gasteiger partial charge in [0.15, 0.2) is 0 Å². The van der Waals surface area contributed by atoms with E-state index in [2.05, 4.69) is 6.92 Å². The standard InChI is InChI=1S/C22H25F5O2S/c1-2-3-16-4-6-17(7-5-16)18-8-10-19(11-9-18)22(28)29-20-12-14-21(15-13-20)30(23,24,25,26)27/h8-17H,2-7H2,1H3/t16-,17-. The summed E-state index contributed by atoms with van der Waals surface area (Å²) >= 11 is 0. The first-order chi connectivity index (χ1) is 13.9. The number of rotatable bonds is 6. The smallest absolute Gasteiger partial charge is 0.343 e. The molecule has 2 nitrogen and oxygen atoms in total. The Kier molecular flexibility index (Phi) is 5.69. The van der Waals surface area contributed by atoms with Gasteiger partial charge in [0.2, 0.25) is 0 Å². The molecule has 1 fully saturated rings. The maximum absolute atomic E-state index is 12.8. The predicted octanol–water partition coefficient (Wildman–Crippen LogP) is 8.64. The zero-order valence-electron chi connectivity index (χ0n) is 16.6. The molecule has 0 atom stereocenters. The molecule has 0 heterocycles. The van der Waals surface area contributed by atoms with Crippen LogP contribution >= 0.6 is 10.2 Å². The summed E-state index contributed by atoms with van der Waals surface area (Å²) in [5.74, 6) is 0.269. The highest BCUT2D eigenvalue weighted by Gasteiger charge is 2.65. The molecular weight excluding hydrogens is 423 g/mol. The molecule has 8 heteroatoms. The Morgan fingerprint density at radius 2 is 1.47 bits per heavy atom. The fraction of sp³-hybridized carbons (Fsp3) is 0.409. The molecular formula is C22H25F5O2S. The lowest BCUT2D eigenvalue weighted by atomic mass is 9.77. The van der Waals surface area contributed by atoms with Gasteiger partial charge in [-0.2, -0.15) is 0 Å². The van der Waals surface area contributed by atoms with E-state index in [0.717, 1.165) is 24.3 Å². The fourth-order valence-electron chi connectivity index (χ4n) is 4.01. The average molecular weight is 448 g/mol. The largest absolute Gasteiger partial charge is 0.423 e. The second-order valence-corrected chi connectivity index (χ2v) is 10.4. The minimum Gasteiger partial charge on any atom is -0.423 e. The lowest BCUT2D eigenvalue weighted by molar-refractivity contribution is 0.0734. The van der Waals surface area contributed by atoms with E-state index in [1.165, 1.54) is 25.7 Å². The third-order valence-electron chi connectivity index (χ3n) is 5.64. The van der Waals surface area contributed by atoms with Gasteiger partial charge in [0, 0.05) is 0 Å². The van der Waals surface area contributed by atoms with E-state index in [9.17, 15) is 24.2 Å². The third kappa shape index (κ3) is 5.74. The van der Waals surface area contributed by atoms with Crippen molar-refractivity contribution in [1.29, 1.82) is 0 Å². The number of halogens is 5. The fourth-order valence-corrected chi connectivity index (χ4v) is 4.67. The molecule has 0 saturated heterocycles. The predicted molar refractivity (Wildman–Crippen MR) is 109 cm³/mol. The molecule has 2 aromatic carbocycles. The summed E-state index contributed by atoms with van der Waals surface area (Å²) in [4.78, 5) is 10.2. The number of ether oxygens (including phenoxy) is 1. The van der Waals surface area contributed by atoms with Crippen LogP contribution in [0.4, 0.5) is 19.4 Å². The summed E-state index contributed by atoms with van der Waals surface area (Å²) in [5.41, 5.74) is 1.40. The van der Waals surface area contributed by atoms with Crippen molar-refractivity contribution < 1.29 is 29.0 Å². The van der Waals surface area contributed by atoms with Crippen molar-refractivity contribution in [2.24, 2.45) is 5.92 Å². The number of benzene rings is 2. The zero-order chi connectivity index (χ0) is 22.1. The lowest BCUT2D eigenvalue weighted by Gasteiger charge is -2.40. The van der Waals surface area contributed by atoms with Crippen LogP contribution in [0.1, 0.15) is 67.3 Å². The molecule has 0 radical (unpaired) electrons. The van der Waals surface area contributed by atoms with Gasteiger partial charge in [0.1, 0.15) is 10.6 Å². The van der Waals surface area contributed by atoms with Gasteiger partial charge >= 0.3 is 16.2 Å². The number of hydrogen-bond acceptors (Lipinski definition) is 2. The normalized spacial score (nSPS) is 22.1. The van der Waals surface area contributed by atoms with Crippen LogP contribution in [-0.2, 0) is 0 Å². The second-order valence-electron chi connectivity index (χ2n) is 7.96. The van der Waals surface area contributed by atoms with Crippen LogP contribution < -0.4 is 4.74 Å². The van der Waals surface area contributed by atoms with Gasteiger partial charge in [-0.15, -0.1) is 0 Å². The molecule has 0 amide bonds. The van der Waals surface area contributed by atoms with Crippen molar-refractivity contribution in [2.75, 3.05) is 0 Å². The van der Waals surface area contributed by atoms with E-state index in [4.69, 9.17) is 4.74 Å². The summed E-state index contributed by atoms with van der Waals surface area (Å²) in [7, 11) is -9.74. The Bertz CT molecular complexity index is 885. The SMILES string of the molecule is CCC[C@H]1CC[C@H](c2ccc(C(=O)Oc3ccc(S(F)(F)(F)(F)F)cc3)cc2)CC1. The summed E-state index contributed by atoms with van der Waals surface area (Å²) in [6.07, 6.45) is 7.12. The van der Waals surface area contributed by atoms with Gasteiger partial charge in [0.05, 0.1) is 5.56 Å². The number of carbonyl (C=O) groups is 1. The molecule has 0 unspecified atom stereocenters. The highest BCUT2D eigenvalue weighted by atomic mass is 32.5. The first-order valence-corrected chi connectivity index (χ1v) is 12.0. The van der Waals surface area contributed by atoms with Gasteiger partial charge in [-0.05, 0) is 79.5 Å². The second kappa shape index (κ2) is 7.55. The van der Waals surface area contributed by atoms with E-state index in [1.807, 2.05) is 12.1 Å². The first kappa shape index (κ1) is 22.6. The quantitative estimate of drug-likeness (QED) is 0.251.